The predicted octanol–water partition coefficient (Wildman–Crippen LogP) is 3.75. The number of azo groups is 1. The van der Waals surface area contributed by atoms with Crippen LogP contribution in [0.5, 0.6) is 0 Å². The van der Waals surface area contributed by atoms with Gasteiger partial charge in [-0.2, -0.15) is 0 Å². The van der Waals surface area contributed by atoms with Gasteiger partial charge in [-0.3, -0.25) is 0 Å². The van der Waals surface area contributed by atoms with Gasteiger partial charge in [-0.15, -0.1) is 0 Å². The van der Waals surface area contributed by atoms with Crippen molar-refractivity contribution < 1.29 is 4.73 Å². The number of benzene rings is 1. The second kappa shape index (κ2) is 6.65. The summed E-state index contributed by atoms with van der Waals surface area (Å²) in [4.78, 5) is 2.01. The highest BCUT2D eigenvalue weighted by Gasteiger charge is 2.04. The van der Waals surface area contributed by atoms with E-state index in [1.165, 1.54) is 6.20 Å². The first-order valence-electron chi connectivity index (χ1n) is 5.95. The van der Waals surface area contributed by atoms with Gasteiger partial charge >= 0.3 is 5.82 Å². The summed E-state index contributed by atoms with van der Waals surface area (Å²) >= 11 is 0. The lowest BCUT2D eigenvalue weighted by Gasteiger charge is -2.11. The van der Waals surface area contributed by atoms with Gasteiger partial charge in [-0.05, 0) is 47.9 Å². The highest BCUT2D eigenvalue weighted by molar-refractivity contribution is 5.51. The highest BCUT2D eigenvalue weighted by atomic mass is 16.5. The van der Waals surface area contributed by atoms with Crippen molar-refractivity contribution in [3.63, 3.8) is 0 Å². The lowest BCUT2D eigenvalue weighted by molar-refractivity contribution is -0.591. The molecule has 0 saturated heterocycles. The zero-order valence-corrected chi connectivity index (χ0v) is 11.2. The van der Waals surface area contributed by atoms with Gasteiger partial charge in [0.25, 0.3) is 0 Å². The van der Waals surface area contributed by atoms with Crippen molar-refractivity contribution in [2.75, 3.05) is 19.0 Å². The summed E-state index contributed by atoms with van der Waals surface area (Å²) in [5.41, 5.74) is 2.78. The van der Waals surface area contributed by atoms with Gasteiger partial charge in [0.1, 0.15) is 5.69 Å². The van der Waals surface area contributed by atoms with Gasteiger partial charge in [0.2, 0.25) is 0 Å². The van der Waals surface area contributed by atoms with Crippen LogP contribution in [0.2, 0.25) is 0 Å². The maximum atomic E-state index is 11.5. The Morgan fingerprint density at radius 1 is 1.05 bits per heavy atom. The summed E-state index contributed by atoms with van der Waals surface area (Å²) < 4.78 is 0.699. The minimum absolute atomic E-state index is 0. The van der Waals surface area contributed by atoms with E-state index in [1.54, 1.807) is 12.1 Å². The number of hydrogen-bond donors (Lipinski definition) is 0. The molecule has 0 spiro atoms. The molecule has 0 unspecified atom stereocenters. The SMILES string of the molecule is C.Cc1cc[n+]([O-])c(N=Nc2ccc(N(C)C)cc2)c1. The fraction of sp³-hybridized carbons (Fsp3) is 0.267. The second-order valence-electron chi connectivity index (χ2n) is 4.50. The molecule has 0 amide bonds. The van der Waals surface area contributed by atoms with Crippen LogP contribution >= 0.6 is 0 Å². The molecule has 0 fully saturated rings. The Kier molecular flexibility index (Phi) is 5.20. The van der Waals surface area contributed by atoms with Crippen LogP contribution in [0.3, 0.4) is 0 Å². The quantitative estimate of drug-likeness (QED) is 0.485. The minimum atomic E-state index is 0. The predicted molar refractivity (Wildman–Crippen MR) is 81.8 cm³/mol. The standard InChI is InChI=1S/C14H16N4O.CH4/c1-11-8-9-18(19)14(10-11)16-15-12-4-6-13(7-5-12)17(2)3;/h4-10H,1-3H3;1H4. The average molecular weight is 272 g/mol. The largest absolute Gasteiger partial charge is 0.710 e. The van der Waals surface area contributed by atoms with E-state index < -0.39 is 0 Å². The van der Waals surface area contributed by atoms with Crippen molar-refractivity contribution in [3.8, 4) is 0 Å². The number of hydrogen-bond acceptors (Lipinski definition) is 4. The summed E-state index contributed by atoms with van der Waals surface area (Å²) in [5, 5.41) is 19.5. The van der Waals surface area contributed by atoms with Gasteiger partial charge in [-0.25, -0.2) is 4.73 Å². The van der Waals surface area contributed by atoms with E-state index >= 15 is 0 Å². The molecule has 106 valence electrons. The van der Waals surface area contributed by atoms with Crippen LogP contribution in [-0.4, -0.2) is 14.1 Å². The summed E-state index contributed by atoms with van der Waals surface area (Å²) in [6.45, 7) is 1.91. The number of aromatic nitrogens is 1. The molecule has 0 aliphatic rings. The normalized spacial score (nSPS) is 10.3. The Bertz CT molecular complexity index is 591. The zero-order valence-electron chi connectivity index (χ0n) is 11.2. The Labute approximate surface area is 119 Å². The van der Waals surface area contributed by atoms with Crippen LogP contribution in [-0.2, 0) is 0 Å². The Balaban J connectivity index is 0.00000200. The monoisotopic (exact) mass is 272 g/mol. The van der Waals surface area contributed by atoms with E-state index in [0.29, 0.717) is 10.4 Å². The topological polar surface area (TPSA) is 54.9 Å². The molecular weight excluding hydrogens is 252 g/mol. The molecule has 0 aliphatic carbocycles. The minimum Gasteiger partial charge on any atom is -0.710 e. The van der Waals surface area contributed by atoms with E-state index in [9.17, 15) is 5.21 Å². The molecule has 0 saturated carbocycles. The van der Waals surface area contributed by atoms with Crippen LogP contribution in [0.25, 0.3) is 0 Å². The van der Waals surface area contributed by atoms with E-state index in [0.717, 1.165) is 11.3 Å². The van der Waals surface area contributed by atoms with Crippen LogP contribution in [0.15, 0.2) is 52.8 Å². The molecule has 1 aromatic carbocycles. The lowest BCUT2D eigenvalue weighted by atomic mass is 10.3. The first-order chi connectivity index (χ1) is 9.06. The first-order valence-corrected chi connectivity index (χ1v) is 5.95. The maximum Gasteiger partial charge on any atom is 0.353 e. The van der Waals surface area contributed by atoms with Crippen LogP contribution < -0.4 is 9.63 Å². The molecule has 0 atom stereocenters. The van der Waals surface area contributed by atoms with E-state index in [-0.39, 0.29) is 13.2 Å². The molecule has 2 aromatic rings. The molecule has 1 heterocycles. The van der Waals surface area contributed by atoms with Crippen LogP contribution in [0.4, 0.5) is 17.2 Å². The Morgan fingerprint density at radius 2 is 1.70 bits per heavy atom. The molecule has 2 rings (SSSR count). The number of pyridine rings is 1. The number of aryl methyl sites for hydroxylation is 1. The summed E-state index contributed by atoms with van der Waals surface area (Å²) in [7, 11) is 3.95. The van der Waals surface area contributed by atoms with Crippen molar-refractivity contribution in [1.82, 2.24) is 0 Å². The van der Waals surface area contributed by atoms with Crippen molar-refractivity contribution in [3.05, 3.63) is 53.4 Å². The molecular formula is C15H20N4O. The molecule has 5 nitrogen and oxygen atoms in total. The fourth-order valence-corrected chi connectivity index (χ4v) is 1.58. The lowest BCUT2D eigenvalue weighted by Crippen LogP contribution is -2.25. The van der Waals surface area contributed by atoms with Gasteiger partial charge in [0.15, 0.2) is 0 Å². The van der Waals surface area contributed by atoms with Gasteiger partial charge < -0.3 is 10.1 Å². The number of nitrogens with zero attached hydrogens (tertiary/aromatic N) is 4. The van der Waals surface area contributed by atoms with E-state index in [4.69, 9.17) is 0 Å². The maximum absolute atomic E-state index is 11.5. The number of rotatable bonds is 3. The van der Waals surface area contributed by atoms with Crippen molar-refractivity contribution in [1.29, 1.82) is 0 Å². The molecule has 0 bridgehead atoms. The van der Waals surface area contributed by atoms with Gasteiger partial charge in [0, 0.05) is 25.8 Å². The zero-order chi connectivity index (χ0) is 13.8. The molecule has 1 aromatic heterocycles. The fourth-order valence-electron chi connectivity index (χ4n) is 1.58. The molecule has 0 radical (unpaired) electrons. The van der Waals surface area contributed by atoms with Gasteiger partial charge in [-0.1, -0.05) is 7.43 Å². The van der Waals surface area contributed by atoms with Crippen molar-refractivity contribution in [2.45, 2.75) is 14.4 Å². The van der Waals surface area contributed by atoms with E-state index in [1.807, 2.05) is 50.2 Å². The highest BCUT2D eigenvalue weighted by Crippen LogP contribution is 2.20. The Morgan fingerprint density at radius 3 is 2.30 bits per heavy atom. The molecule has 5 heteroatoms. The second-order valence-corrected chi connectivity index (χ2v) is 4.50. The summed E-state index contributed by atoms with van der Waals surface area (Å²) in [5.74, 6) is 0.289. The first kappa shape index (κ1) is 15.6. The Hall–Kier alpha value is -2.43. The third-order valence-electron chi connectivity index (χ3n) is 2.69. The molecule has 0 aliphatic heterocycles. The van der Waals surface area contributed by atoms with E-state index in [2.05, 4.69) is 10.2 Å². The van der Waals surface area contributed by atoms with Crippen molar-refractivity contribution in [2.24, 2.45) is 10.2 Å². The van der Waals surface area contributed by atoms with Crippen LogP contribution in [0.1, 0.15) is 13.0 Å². The third kappa shape index (κ3) is 3.78. The molecule has 0 N–H and O–H groups in total. The van der Waals surface area contributed by atoms with Crippen LogP contribution in [0, 0.1) is 12.1 Å². The smallest absolute Gasteiger partial charge is 0.353 e. The summed E-state index contributed by atoms with van der Waals surface area (Å²) in [6.07, 6.45) is 1.43. The number of anilines is 1. The summed E-state index contributed by atoms with van der Waals surface area (Å²) in [6, 6.07) is 11.1. The van der Waals surface area contributed by atoms with Crippen molar-refractivity contribution >= 4 is 17.2 Å². The average Bonchev–Trinajstić information content (AvgIpc) is 2.40. The molecule has 20 heavy (non-hydrogen) atoms. The van der Waals surface area contributed by atoms with Gasteiger partial charge in [0.05, 0.1) is 11.3 Å². The third-order valence-corrected chi connectivity index (χ3v) is 2.69.